The summed E-state index contributed by atoms with van der Waals surface area (Å²) in [6.07, 6.45) is 1.03. The Morgan fingerprint density at radius 1 is 1.12 bits per heavy atom. The quantitative estimate of drug-likeness (QED) is 0.480. The van der Waals surface area contributed by atoms with Gasteiger partial charge in [-0.15, -0.1) is 0 Å². The Hall–Kier alpha value is -3.88. The Balaban J connectivity index is 1.36. The van der Waals surface area contributed by atoms with E-state index >= 15 is 0 Å². The van der Waals surface area contributed by atoms with Crippen LogP contribution in [0.4, 0.5) is 5.69 Å². The van der Waals surface area contributed by atoms with Crippen LogP contribution < -0.4 is 14.4 Å². The molecule has 172 valence electrons. The van der Waals surface area contributed by atoms with Gasteiger partial charge in [0.1, 0.15) is 0 Å². The lowest BCUT2D eigenvalue weighted by atomic mass is 10.1. The smallest absolute Gasteiger partial charge is 0.311 e. The molecule has 0 spiro atoms. The lowest BCUT2D eigenvalue weighted by Gasteiger charge is -2.16. The van der Waals surface area contributed by atoms with E-state index in [0.717, 1.165) is 12.1 Å². The van der Waals surface area contributed by atoms with Gasteiger partial charge in [-0.05, 0) is 42.3 Å². The molecule has 1 aromatic heterocycles. The van der Waals surface area contributed by atoms with Crippen molar-refractivity contribution in [3.8, 4) is 22.9 Å². The zero-order valence-electron chi connectivity index (χ0n) is 18.7. The fourth-order valence-corrected chi connectivity index (χ4v) is 3.68. The maximum absolute atomic E-state index is 12.6. The molecule has 0 radical (unpaired) electrons. The normalized spacial score (nSPS) is 15.5. The Kier molecular flexibility index (Phi) is 6.58. The third-order valence-corrected chi connectivity index (χ3v) is 5.56. The van der Waals surface area contributed by atoms with Crippen LogP contribution in [0.5, 0.6) is 11.5 Å². The SMILES string of the molecule is CCc1ccc(N2CC(C(=O)OCc3nc(-c4ccc(OC)c(OC)c4)no3)CC2=O)cc1. The molecule has 1 aliphatic rings. The van der Waals surface area contributed by atoms with Crippen LogP contribution in [0.2, 0.25) is 0 Å². The topological polar surface area (TPSA) is 104 Å². The summed E-state index contributed by atoms with van der Waals surface area (Å²) in [5.74, 6) is 0.491. The second-order valence-electron chi connectivity index (χ2n) is 7.61. The van der Waals surface area contributed by atoms with Crippen LogP contribution in [0.1, 0.15) is 24.8 Å². The van der Waals surface area contributed by atoms with E-state index in [2.05, 4.69) is 17.1 Å². The number of benzene rings is 2. The average molecular weight is 451 g/mol. The molecule has 1 fully saturated rings. The van der Waals surface area contributed by atoms with Crippen LogP contribution in [0.25, 0.3) is 11.4 Å². The molecule has 1 unspecified atom stereocenters. The number of esters is 1. The van der Waals surface area contributed by atoms with Gasteiger partial charge in [0.05, 0.1) is 20.1 Å². The molecule has 2 heterocycles. The average Bonchev–Trinajstić information content (AvgIpc) is 3.49. The molecule has 9 heteroatoms. The maximum Gasteiger partial charge on any atom is 0.311 e. The van der Waals surface area contributed by atoms with E-state index in [4.69, 9.17) is 18.7 Å². The monoisotopic (exact) mass is 451 g/mol. The zero-order valence-corrected chi connectivity index (χ0v) is 18.7. The predicted molar refractivity (Wildman–Crippen MR) is 119 cm³/mol. The molecule has 0 aliphatic carbocycles. The minimum Gasteiger partial charge on any atom is -0.493 e. The van der Waals surface area contributed by atoms with Gasteiger partial charge in [-0.2, -0.15) is 4.98 Å². The van der Waals surface area contributed by atoms with E-state index in [0.29, 0.717) is 22.9 Å². The van der Waals surface area contributed by atoms with Gasteiger partial charge >= 0.3 is 5.97 Å². The molecule has 1 amide bonds. The summed E-state index contributed by atoms with van der Waals surface area (Å²) in [4.78, 5) is 30.9. The summed E-state index contributed by atoms with van der Waals surface area (Å²) in [7, 11) is 3.09. The number of methoxy groups -OCH3 is 2. The number of carbonyl (C=O) groups excluding carboxylic acids is 2. The highest BCUT2D eigenvalue weighted by Crippen LogP contribution is 2.31. The van der Waals surface area contributed by atoms with Crippen molar-refractivity contribution in [3.63, 3.8) is 0 Å². The van der Waals surface area contributed by atoms with Gasteiger partial charge in [0, 0.05) is 24.2 Å². The third-order valence-electron chi connectivity index (χ3n) is 5.56. The van der Waals surface area contributed by atoms with Crippen molar-refractivity contribution in [1.82, 2.24) is 10.1 Å². The molecule has 1 aliphatic heterocycles. The molecule has 1 saturated heterocycles. The summed E-state index contributed by atoms with van der Waals surface area (Å²) in [6, 6.07) is 13.0. The first-order chi connectivity index (χ1) is 16.0. The van der Waals surface area contributed by atoms with Gasteiger partial charge in [-0.25, -0.2) is 0 Å². The Morgan fingerprint density at radius 2 is 1.88 bits per heavy atom. The summed E-state index contributed by atoms with van der Waals surface area (Å²) < 4.78 is 21.1. The largest absolute Gasteiger partial charge is 0.493 e. The van der Waals surface area contributed by atoms with Crippen LogP contribution >= 0.6 is 0 Å². The van der Waals surface area contributed by atoms with Crippen LogP contribution in [0.3, 0.4) is 0 Å². The highest BCUT2D eigenvalue weighted by molar-refractivity contribution is 5.99. The molecule has 0 saturated carbocycles. The number of aryl methyl sites for hydroxylation is 1. The molecule has 1 atom stereocenters. The van der Waals surface area contributed by atoms with E-state index in [9.17, 15) is 9.59 Å². The number of hydrogen-bond donors (Lipinski definition) is 0. The number of nitrogens with zero attached hydrogens (tertiary/aromatic N) is 3. The van der Waals surface area contributed by atoms with Crippen LogP contribution in [0, 0.1) is 5.92 Å². The number of carbonyl (C=O) groups is 2. The van der Waals surface area contributed by atoms with Gasteiger partial charge < -0.3 is 23.6 Å². The van der Waals surface area contributed by atoms with E-state index in [1.165, 1.54) is 12.7 Å². The van der Waals surface area contributed by atoms with Crippen LogP contribution in [0.15, 0.2) is 47.0 Å². The first-order valence-electron chi connectivity index (χ1n) is 10.6. The molecular formula is C24H25N3O6. The summed E-state index contributed by atoms with van der Waals surface area (Å²) in [6.45, 7) is 2.18. The highest BCUT2D eigenvalue weighted by Gasteiger charge is 2.36. The first kappa shape index (κ1) is 22.3. The van der Waals surface area contributed by atoms with E-state index < -0.39 is 11.9 Å². The van der Waals surface area contributed by atoms with Crippen molar-refractivity contribution in [2.75, 3.05) is 25.7 Å². The minimum absolute atomic E-state index is 0.102. The lowest BCUT2D eigenvalue weighted by Crippen LogP contribution is -2.26. The van der Waals surface area contributed by atoms with E-state index in [1.54, 1.807) is 30.2 Å². The highest BCUT2D eigenvalue weighted by atomic mass is 16.6. The number of aromatic nitrogens is 2. The third kappa shape index (κ3) is 4.82. The molecule has 4 rings (SSSR count). The number of amides is 1. The number of hydrogen-bond acceptors (Lipinski definition) is 8. The van der Waals surface area contributed by atoms with Crippen molar-refractivity contribution in [1.29, 1.82) is 0 Å². The number of rotatable bonds is 8. The standard InChI is InChI=1S/C24H25N3O6/c1-4-15-5-8-18(9-6-15)27-13-17(12-22(27)28)24(29)32-14-21-25-23(26-33-21)16-7-10-19(30-2)20(11-16)31-3/h5-11,17H,4,12-14H2,1-3H3. The van der Waals surface area contributed by atoms with Gasteiger partial charge in [-0.3, -0.25) is 9.59 Å². The van der Waals surface area contributed by atoms with Gasteiger partial charge in [0.2, 0.25) is 11.7 Å². The Labute approximate surface area is 191 Å². The van der Waals surface area contributed by atoms with Gasteiger partial charge in [0.15, 0.2) is 18.1 Å². The second-order valence-corrected chi connectivity index (χ2v) is 7.61. The lowest BCUT2D eigenvalue weighted by molar-refractivity contribution is -0.150. The minimum atomic E-state index is -0.545. The summed E-state index contributed by atoms with van der Waals surface area (Å²) in [5, 5.41) is 3.93. The van der Waals surface area contributed by atoms with Crippen molar-refractivity contribution in [2.45, 2.75) is 26.4 Å². The van der Waals surface area contributed by atoms with Crippen LogP contribution in [-0.4, -0.2) is 42.8 Å². The molecule has 2 aromatic carbocycles. The fourth-order valence-electron chi connectivity index (χ4n) is 3.68. The maximum atomic E-state index is 12.6. The molecule has 0 bridgehead atoms. The van der Waals surface area contributed by atoms with Crippen molar-refractivity contribution >= 4 is 17.6 Å². The number of anilines is 1. The number of ether oxygens (including phenoxy) is 3. The molecule has 0 N–H and O–H groups in total. The van der Waals surface area contributed by atoms with Crippen molar-refractivity contribution in [2.24, 2.45) is 5.92 Å². The molecule has 3 aromatic rings. The Morgan fingerprint density at radius 3 is 2.58 bits per heavy atom. The summed E-state index contributed by atoms with van der Waals surface area (Å²) >= 11 is 0. The van der Waals surface area contributed by atoms with E-state index in [-0.39, 0.29) is 31.4 Å². The zero-order chi connectivity index (χ0) is 23.4. The Bertz CT molecular complexity index is 1140. The van der Waals surface area contributed by atoms with Crippen molar-refractivity contribution < 1.29 is 28.3 Å². The van der Waals surface area contributed by atoms with E-state index in [1.807, 2.05) is 24.3 Å². The first-order valence-corrected chi connectivity index (χ1v) is 10.6. The molecule has 9 nitrogen and oxygen atoms in total. The van der Waals surface area contributed by atoms with Crippen molar-refractivity contribution in [3.05, 3.63) is 53.9 Å². The molecular weight excluding hydrogens is 426 g/mol. The van der Waals surface area contributed by atoms with Crippen LogP contribution in [-0.2, 0) is 27.4 Å². The predicted octanol–water partition coefficient (Wildman–Crippen LogP) is 3.41. The fraction of sp³-hybridized carbons (Fsp3) is 0.333. The second kappa shape index (κ2) is 9.72. The van der Waals surface area contributed by atoms with Gasteiger partial charge in [0.25, 0.3) is 5.89 Å². The summed E-state index contributed by atoms with van der Waals surface area (Å²) in [5.41, 5.74) is 2.64. The molecule has 33 heavy (non-hydrogen) atoms. The van der Waals surface area contributed by atoms with Gasteiger partial charge in [-0.1, -0.05) is 24.2 Å².